The molecule has 83 heavy (non-hydrogen) atoms. The highest BCUT2D eigenvalue weighted by Crippen LogP contribution is 2.14. The first-order valence-electron chi connectivity index (χ1n) is 33.3. The molecule has 6 heteroatoms. The number of unbranched alkanes of at least 4 members (excludes halogenated alkanes) is 18. The van der Waals surface area contributed by atoms with Gasteiger partial charge in [0, 0.05) is 12.8 Å². The Kier molecular flexibility index (Phi) is 64.4. The molecule has 0 saturated heterocycles. The molecule has 0 aromatic rings. The number of ether oxygens (including phenoxy) is 3. The fourth-order valence-electron chi connectivity index (χ4n) is 8.50. The monoisotopic (exact) mass is 1140 g/mol. The summed E-state index contributed by atoms with van der Waals surface area (Å²) in [4.78, 5) is 38.3. The molecule has 0 aliphatic carbocycles. The zero-order valence-corrected chi connectivity index (χ0v) is 53.1. The number of rotatable bonds is 58. The lowest BCUT2D eigenvalue weighted by atomic mass is 10.1. The summed E-state index contributed by atoms with van der Waals surface area (Å²) in [6, 6.07) is 0. The zero-order valence-electron chi connectivity index (χ0n) is 53.1. The SMILES string of the molecule is CC/C=C\C/C=C\C/C=C\C/C=C\C/C=C\C/C=C\C/C=C\CCCCCCCCCCCC(=O)OCC(COC(=O)C/C=C\C/C=C\C/C=C\C/C=C\C/C=C\CC)OC(=O)CCCCCCCC/C=C\C/C=C\C/C=C\CCCCC. The van der Waals surface area contributed by atoms with E-state index in [1.165, 1.54) is 77.0 Å². The minimum atomic E-state index is -0.839. The van der Waals surface area contributed by atoms with Gasteiger partial charge in [0.2, 0.25) is 0 Å². The Morgan fingerprint density at radius 3 is 0.843 bits per heavy atom. The third-order valence-corrected chi connectivity index (χ3v) is 13.4. The summed E-state index contributed by atoms with van der Waals surface area (Å²) in [6.45, 7) is 6.27. The van der Waals surface area contributed by atoms with Crippen molar-refractivity contribution in [3.05, 3.63) is 182 Å². The van der Waals surface area contributed by atoms with Crippen molar-refractivity contribution in [2.24, 2.45) is 0 Å². The van der Waals surface area contributed by atoms with Gasteiger partial charge in [0.25, 0.3) is 0 Å². The molecular formula is C77H120O6. The lowest BCUT2D eigenvalue weighted by Crippen LogP contribution is -2.30. The lowest BCUT2D eigenvalue weighted by molar-refractivity contribution is -0.166. The Hall–Kier alpha value is -5.49. The summed E-state index contributed by atoms with van der Waals surface area (Å²) in [6.07, 6.45) is 104. The Morgan fingerprint density at radius 1 is 0.265 bits per heavy atom. The van der Waals surface area contributed by atoms with Crippen molar-refractivity contribution >= 4 is 17.9 Å². The van der Waals surface area contributed by atoms with E-state index >= 15 is 0 Å². The van der Waals surface area contributed by atoms with Crippen molar-refractivity contribution in [2.75, 3.05) is 13.2 Å². The van der Waals surface area contributed by atoms with E-state index in [0.717, 1.165) is 148 Å². The second-order valence-electron chi connectivity index (χ2n) is 21.3. The molecule has 0 spiro atoms. The molecule has 0 fully saturated rings. The van der Waals surface area contributed by atoms with Crippen LogP contribution in [0.4, 0.5) is 0 Å². The van der Waals surface area contributed by atoms with E-state index < -0.39 is 12.1 Å². The molecule has 464 valence electrons. The average Bonchev–Trinajstić information content (AvgIpc) is 3.49. The Bertz CT molecular complexity index is 1940. The maximum absolute atomic E-state index is 12.9. The van der Waals surface area contributed by atoms with Gasteiger partial charge in [-0.15, -0.1) is 0 Å². The van der Waals surface area contributed by atoms with E-state index in [4.69, 9.17) is 14.2 Å². The topological polar surface area (TPSA) is 78.9 Å². The van der Waals surface area contributed by atoms with Gasteiger partial charge in [-0.25, -0.2) is 0 Å². The minimum absolute atomic E-state index is 0.114. The minimum Gasteiger partial charge on any atom is -0.462 e. The first kappa shape index (κ1) is 77.5. The maximum Gasteiger partial charge on any atom is 0.309 e. The van der Waals surface area contributed by atoms with Crippen LogP contribution < -0.4 is 0 Å². The van der Waals surface area contributed by atoms with Gasteiger partial charge >= 0.3 is 17.9 Å². The Balaban J connectivity index is 4.44. The summed E-state index contributed by atoms with van der Waals surface area (Å²) < 4.78 is 16.8. The molecule has 1 atom stereocenters. The largest absolute Gasteiger partial charge is 0.462 e. The van der Waals surface area contributed by atoms with Crippen LogP contribution in [0, 0.1) is 0 Å². The molecule has 0 aromatic heterocycles. The summed E-state index contributed by atoms with van der Waals surface area (Å²) >= 11 is 0. The van der Waals surface area contributed by atoms with Gasteiger partial charge in [-0.2, -0.15) is 0 Å². The van der Waals surface area contributed by atoms with Crippen LogP contribution in [0.1, 0.15) is 265 Å². The summed E-state index contributed by atoms with van der Waals surface area (Å²) in [5, 5.41) is 0. The molecule has 0 heterocycles. The van der Waals surface area contributed by atoms with E-state index in [0.29, 0.717) is 6.42 Å². The molecule has 0 amide bonds. The van der Waals surface area contributed by atoms with E-state index in [2.05, 4.69) is 191 Å². The smallest absolute Gasteiger partial charge is 0.309 e. The molecule has 6 nitrogen and oxygen atoms in total. The van der Waals surface area contributed by atoms with E-state index in [1.54, 1.807) is 6.08 Å². The predicted molar refractivity (Wildman–Crippen MR) is 361 cm³/mol. The number of carbonyl (C=O) groups is 3. The molecule has 0 aliphatic rings. The highest BCUT2D eigenvalue weighted by atomic mass is 16.6. The molecule has 0 radical (unpaired) electrons. The third-order valence-electron chi connectivity index (χ3n) is 13.4. The quantitative estimate of drug-likeness (QED) is 0.0261. The highest BCUT2D eigenvalue weighted by Gasteiger charge is 2.19. The second-order valence-corrected chi connectivity index (χ2v) is 21.3. The zero-order chi connectivity index (χ0) is 59.9. The lowest BCUT2D eigenvalue weighted by Gasteiger charge is -2.18. The summed E-state index contributed by atoms with van der Waals surface area (Å²) in [5.41, 5.74) is 0. The summed E-state index contributed by atoms with van der Waals surface area (Å²) in [7, 11) is 0. The number of hydrogen-bond acceptors (Lipinski definition) is 6. The third kappa shape index (κ3) is 67.2. The molecule has 0 rings (SSSR count). The van der Waals surface area contributed by atoms with Gasteiger partial charge in [0.05, 0.1) is 6.42 Å². The van der Waals surface area contributed by atoms with E-state index in [1.807, 2.05) is 6.08 Å². The van der Waals surface area contributed by atoms with E-state index in [-0.39, 0.29) is 38.0 Å². The van der Waals surface area contributed by atoms with Crippen molar-refractivity contribution in [3.8, 4) is 0 Å². The number of hydrogen-bond donors (Lipinski definition) is 0. The van der Waals surface area contributed by atoms with Gasteiger partial charge in [0.15, 0.2) is 6.10 Å². The molecular weight excluding hydrogens is 1020 g/mol. The van der Waals surface area contributed by atoms with Crippen LogP contribution in [0.25, 0.3) is 0 Å². The van der Waals surface area contributed by atoms with Gasteiger partial charge in [-0.3, -0.25) is 14.4 Å². The molecule has 0 saturated carbocycles. The first-order chi connectivity index (χ1) is 41.0. The van der Waals surface area contributed by atoms with Crippen LogP contribution in [0.15, 0.2) is 182 Å². The van der Waals surface area contributed by atoms with Crippen molar-refractivity contribution in [1.29, 1.82) is 0 Å². The van der Waals surface area contributed by atoms with Crippen molar-refractivity contribution in [3.63, 3.8) is 0 Å². The Morgan fingerprint density at radius 2 is 0.518 bits per heavy atom. The van der Waals surface area contributed by atoms with Crippen LogP contribution in [-0.2, 0) is 28.6 Å². The predicted octanol–water partition coefficient (Wildman–Crippen LogP) is 23.2. The van der Waals surface area contributed by atoms with Crippen molar-refractivity contribution in [1.82, 2.24) is 0 Å². The van der Waals surface area contributed by atoms with Crippen LogP contribution in [0.5, 0.6) is 0 Å². The number of carbonyl (C=O) groups excluding carboxylic acids is 3. The molecule has 0 N–H and O–H groups in total. The van der Waals surface area contributed by atoms with Crippen LogP contribution in [-0.4, -0.2) is 37.2 Å². The van der Waals surface area contributed by atoms with Crippen LogP contribution in [0.2, 0.25) is 0 Å². The standard InChI is InChI=1S/C77H120O6/c1-4-7-10-13-16-19-22-25-28-30-32-33-34-35-36-37-38-39-40-41-42-43-45-46-49-52-55-58-61-64-67-70-76(79)82-73-74(72-81-75(78)69-66-63-60-57-54-51-48-27-24-21-18-15-12-9-6-3)83-77(80)71-68-65-62-59-56-53-50-47-44-31-29-26-23-20-17-14-11-8-5-2/h7,9-10,12,16-21,25-29,32-33,35-36,38-39,41-42,44,47-48,54,57,63,66,74H,4-6,8,11,13-15,22-24,30-31,34,37,40,43,45-46,49-53,55-56,58-62,64-65,67-73H2,1-3H3/b10-7-,12-9-,19-16-,20-17-,21-18-,28-25-,29-26-,33-32-,36-35-,39-38-,42-41-,47-44-,48-27-,57-54-,66-63-. The van der Waals surface area contributed by atoms with Crippen molar-refractivity contribution in [2.45, 2.75) is 271 Å². The average molecular weight is 1140 g/mol. The first-order valence-corrected chi connectivity index (χ1v) is 33.3. The normalized spacial score (nSPS) is 13.3. The van der Waals surface area contributed by atoms with Crippen LogP contribution in [0.3, 0.4) is 0 Å². The molecule has 0 aromatic carbocycles. The molecule has 0 aliphatic heterocycles. The fraction of sp³-hybridized carbons (Fsp3) is 0.571. The number of allylic oxidation sites excluding steroid dienone is 29. The second kappa shape index (κ2) is 69.0. The van der Waals surface area contributed by atoms with Gasteiger partial charge in [-0.1, -0.05) is 287 Å². The number of esters is 3. The van der Waals surface area contributed by atoms with E-state index in [9.17, 15) is 14.4 Å². The fourth-order valence-corrected chi connectivity index (χ4v) is 8.50. The molecule has 0 bridgehead atoms. The highest BCUT2D eigenvalue weighted by molar-refractivity contribution is 5.72. The van der Waals surface area contributed by atoms with Gasteiger partial charge < -0.3 is 14.2 Å². The molecule has 1 unspecified atom stereocenters. The Labute approximate surface area is 510 Å². The van der Waals surface area contributed by atoms with Crippen LogP contribution >= 0.6 is 0 Å². The van der Waals surface area contributed by atoms with Gasteiger partial charge in [0.1, 0.15) is 13.2 Å². The van der Waals surface area contributed by atoms with Gasteiger partial charge in [-0.05, 0) is 141 Å². The maximum atomic E-state index is 12.9. The van der Waals surface area contributed by atoms with Crippen molar-refractivity contribution < 1.29 is 28.6 Å². The summed E-state index contributed by atoms with van der Waals surface area (Å²) in [5.74, 6) is -1.08.